The van der Waals surface area contributed by atoms with Crippen LogP contribution in [0.4, 0.5) is 0 Å². The molecule has 15 heavy (non-hydrogen) atoms. The monoisotopic (exact) mass is 209 g/mol. The van der Waals surface area contributed by atoms with E-state index in [4.69, 9.17) is 15.2 Å². The standard InChI is InChI=1S/C12H19NO2/c1-10-4-3-5-11(6-7-13)12(10)15-9-8-14-2/h3-5H,6-9,13H2,1-2H3. The van der Waals surface area contributed by atoms with Gasteiger partial charge in [0.2, 0.25) is 0 Å². The molecule has 0 aliphatic heterocycles. The molecule has 0 amide bonds. The van der Waals surface area contributed by atoms with E-state index in [0.717, 1.165) is 17.7 Å². The van der Waals surface area contributed by atoms with E-state index in [1.54, 1.807) is 7.11 Å². The Bertz CT molecular complexity index is 300. The Labute approximate surface area is 91.2 Å². The molecule has 1 rings (SSSR count). The second kappa shape index (κ2) is 6.43. The van der Waals surface area contributed by atoms with Gasteiger partial charge in [0.05, 0.1) is 6.61 Å². The van der Waals surface area contributed by atoms with Gasteiger partial charge in [0.1, 0.15) is 12.4 Å². The van der Waals surface area contributed by atoms with Crippen LogP contribution in [0.5, 0.6) is 5.75 Å². The van der Waals surface area contributed by atoms with Gasteiger partial charge in [-0.3, -0.25) is 0 Å². The van der Waals surface area contributed by atoms with Crippen molar-refractivity contribution in [1.82, 2.24) is 0 Å². The van der Waals surface area contributed by atoms with E-state index in [2.05, 4.69) is 6.07 Å². The first kappa shape index (κ1) is 12.0. The van der Waals surface area contributed by atoms with Gasteiger partial charge in [0.15, 0.2) is 0 Å². The van der Waals surface area contributed by atoms with Crippen LogP contribution in [-0.2, 0) is 11.2 Å². The van der Waals surface area contributed by atoms with Crippen molar-refractivity contribution in [3.63, 3.8) is 0 Å². The number of aryl methyl sites for hydroxylation is 1. The summed E-state index contributed by atoms with van der Waals surface area (Å²) in [6.45, 7) is 3.88. The zero-order valence-electron chi connectivity index (χ0n) is 9.45. The number of benzene rings is 1. The van der Waals surface area contributed by atoms with E-state index in [0.29, 0.717) is 19.8 Å². The largest absolute Gasteiger partial charge is 0.491 e. The Morgan fingerprint density at radius 3 is 2.73 bits per heavy atom. The average molecular weight is 209 g/mol. The van der Waals surface area contributed by atoms with Gasteiger partial charge in [-0.2, -0.15) is 0 Å². The zero-order valence-corrected chi connectivity index (χ0v) is 9.45. The number of rotatable bonds is 6. The smallest absolute Gasteiger partial charge is 0.125 e. The molecule has 1 aromatic rings. The summed E-state index contributed by atoms with van der Waals surface area (Å²) in [5.41, 5.74) is 7.88. The summed E-state index contributed by atoms with van der Waals surface area (Å²) in [4.78, 5) is 0. The van der Waals surface area contributed by atoms with Gasteiger partial charge in [0, 0.05) is 7.11 Å². The number of ether oxygens (including phenoxy) is 2. The normalized spacial score (nSPS) is 10.3. The molecule has 1 aromatic carbocycles. The number of para-hydroxylation sites is 1. The molecule has 0 spiro atoms. The van der Waals surface area contributed by atoms with Crippen molar-refractivity contribution < 1.29 is 9.47 Å². The highest BCUT2D eigenvalue weighted by Gasteiger charge is 2.05. The Hall–Kier alpha value is -1.06. The predicted octanol–water partition coefficient (Wildman–Crippen LogP) is 1.52. The lowest BCUT2D eigenvalue weighted by Gasteiger charge is -2.13. The fourth-order valence-electron chi connectivity index (χ4n) is 1.50. The molecule has 0 radical (unpaired) electrons. The third kappa shape index (κ3) is 3.53. The van der Waals surface area contributed by atoms with E-state index in [1.807, 2.05) is 19.1 Å². The first-order valence-electron chi connectivity index (χ1n) is 5.20. The third-order valence-corrected chi connectivity index (χ3v) is 2.24. The fraction of sp³-hybridized carbons (Fsp3) is 0.500. The molecule has 0 saturated carbocycles. The SMILES string of the molecule is COCCOc1c(C)cccc1CCN. The summed E-state index contributed by atoms with van der Waals surface area (Å²) in [5.74, 6) is 0.958. The van der Waals surface area contributed by atoms with Crippen molar-refractivity contribution in [3.05, 3.63) is 29.3 Å². The molecule has 0 saturated heterocycles. The second-order valence-electron chi connectivity index (χ2n) is 3.44. The molecule has 0 atom stereocenters. The van der Waals surface area contributed by atoms with Crippen molar-refractivity contribution in [2.75, 3.05) is 26.9 Å². The van der Waals surface area contributed by atoms with E-state index in [-0.39, 0.29) is 0 Å². The number of nitrogens with two attached hydrogens (primary N) is 1. The number of methoxy groups -OCH3 is 1. The topological polar surface area (TPSA) is 44.5 Å². The summed E-state index contributed by atoms with van der Waals surface area (Å²) < 4.78 is 10.6. The van der Waals surface area contributed by atoms with Crippen LogP contribution in [0.15, 0.2) is 18.2 Å². The van der Waals surface area contributed by atoms with Crippen LogP contribution in [0.3, 0.4) is 0 Å². The summed E-state index contributed by atoms with van der Waals surface area (Å²) >= 11 is 0. The minimum Gasteiger partial charge on any atom is -0.491 e. The lowest BCUT2D eigenvalue weighted by Crippen LogP contribution is -2.09. The van der Waals surface area contributed by atoms with Crippen molar-refractivity contribution in [2.45, 2.75) is 13.3 Å². The Morgan fingerprint density at radius 1 is 1.27 bits per heavy atom. The van der Waals surface area contributed by atoms with Gasteiger partial charge in [0.25, 0.3) is 0 Å². The van der Waals surface area contributed by atoms with Crippen molar-refractivity contribution in [3.8, 4) is 5.75 Å². The van der Waals surface area contributed by atoms with Gasteiger partial charge in [-0.15, -0.1) is 0 Å². The third-order valence-electron chi connectivity index (χ3n) is 2.24. The van der Waals surface area contributed by atoms with E-state index < -0.39 is 0 Å². The molecule has 2 N–H and O–H groups in total. The molecule has 0 heterocycles. The minimum atomic E-state index is 0.582. The molecule has 0 fully saturated rings. The Morgan fingerprint density at radius 2 is 2.07 bits per heavy atom. The molecular weight excluding hydrogens is 190 g/mol. The lowest BCUT2D eigenvalue weighted by atomic mass is 10.1. The average Bonchev–Trinajstić information content (AvgIpc) is 2.23. The quantitative estimate of drug-likeness (QED) is 0.722. The molecule has 0 unspecified atom stereocenters. The zero-order chi connectivity index (χ0) is 11.1. The molecular formula is C12H19NO2. The van der Waals surface area contributed by atoms with Gasteiger partial charge in [-0.25, -0.2) is 0 Å². The first-order chi connectivity index (χ1) is 7.29. The Balaban J connectivity index is 2.72. The van der Waals surface area contributed by atoms with Crippen molar-refractivity contribution in [2.24, 2.45) is 5.73 Å². The fourth-order valence-corrected chi connectivity index (χ4v) is 1.50. The van der Waals surface area contributed by atoms with Crippen LogP contribution < -0.4 is 10.5 Å². The van der Waals surface area contributed by atoms with Gasteiger partial charge in [-0.1, -0.05) is 18.2 Å². The van der Waals surface area contributed by atoms with Crippen molar-refractivity contribution in [1.29, 1.82) is 0 Å². The van der Waals surface area contributed by atoms with E-state index >= 15 is 0 Å². The molecule has 84 valence electrons. The summed E-state index contributed by atoms with van der Waals surface area (Å²) in [6.07, 6.45) is 0.851. The summed E-state index contributed by atoms with van der Waals surface area (Å²) in [5, 5.41) is 0. The number of hydrogen-bond acceptors (Lipinski definition) is 3. The molecule has 0 bridgehead atoms. The van der Waals surface area contributed by atoms with Gasteiger partial charge < -0.3 is 15.2 Å². The highest BCUT2D eigenvalue weighted by Crippen LogP contribution is 2.23. The predicted molar refractivity (Wildman–Crippen MR) is 61.3 cm³/mol. The summed E-state index contributed by atoms with van der Waals surface area (Å²) in [6, 6.07) is 6.13. The van der Waals surface area contributed by atoms with Crippen LogP contribution >= 0.6 is 0 Å². The molecule has 0 aliphatic carbocycles. The first-order valence-corrected chi connectivity index (χ1v) is 5.20. The lowest BCUT2D eigenvalue weighted by molar-refractivity contribution is 0.145. The van der Waals surface area contributed by atoms with Crippen molar-refractivity contribution >= 4 is 0 Å². The maximum absolute atomic E-state index is 5.68. The van der Waals surface area contributed by atoms with Gasteiger partial charge in [-0.05, 0) is 31.0 Å². The minimum absolute atomic E-state index is 0.582. The maximum atomic E-state index is 5.68. The second-order valence-corrected chi connectivity index (χ2v) is 3.44. The highest BCUT2D eigenvalue weighted by molar-refractivity contribution is 5.40. The molecule has 0 aliphatic rings. The van der Waals surface area contributed by atoms with Crippen LogP contribution in [0, 0.1) is 6.92 Å². The van der Waals surface area contributed by atoms with Crippen LogP contribution in [0.2, 0.25) is 0 Å². The highest BCUT2D eigenvalue weighted by atomic mass is 16.5. The van der Waals surface area contributed by atoms with E-state index in [9.17, 15) is 0 Å². The molecule has 3 nitrogen and oxygen atoms in total. The van der Waals surface area contributed by atoms with Crippen LogP contribution in [-0.4, -0.2) is 26.9 Å². The van der Waals surface area contributed by atoms with Crippen LogP contribution in [0.25, 0.3) is 0 Å². The van der Waals surface area contributed by atoms with E-state index in [1.165, 1.54) is 5.56 Å². The maximum Gasteiger partial charge on any atom is 0.125 e. The Kier molecular flexibility index (Phi) is 5.15. The van der Waals surface area contributed by atoms with Crippen LogP contribution in [0.1, 0.15) is 11.1 Å². The summed E-state index contributed by atoms with van der Waals surface area (Å²) in [7, 11) is 1.67. The van der Waals surface area contributed by atoms with Gasteiger partial charge >= 0.3 is 0 Å². The molecule has 0 aromatic heterocycles. The molecule has 3 heteroatoms. The number of hydrogen-bond donors (Lipinski definition) is 1.